The van der Waals surface area contributed by atoms with Crippen LogP contribution < -0.4 is 0 Å². The molecule has 3 unspecified atom stereocenters. The maximum atomic E-state index is 5.80. The van der Waals surface area contributed by atoms with E-state index in [2.05, 4.69) is 23.0 Å². The Morgan fingerprint density at radius 2 is 2.27 bits per heavy atom. The van der Waals surface area contributed by atoms with Gasteiger partial charge in [-0.25, -0.2) is 4.98 Å². The zero-order valence-electron chi connectivity index (χ0n) is 8.86. The molecule has 0 saturated carbocycles. The molecule has 3 rings (SSSR count). The van der Waals surface area contributed by atoms with Gasteiger partial charge in [0.25, 0.3) is 0 Å². The number of likely N-dealkylation sites (N-methyl/N-ethyl adjacent to an activating group) is 1. The van der Waals surface area contributed by atoms with Crippen LogP contribution in [0.25, 0.3) is 0 Å². The zero-order valence-corrected chi connectivity index (χ0v) is 9.61. The van der Waals surface area contributed by atoms with Gasteiger partial charge in [-0.1, -0.05) is 17.7 Å². The van der Waals surface area contributed by atoms with Crippen molar-refractivity contribution in [3.63, 3.8) is 0 Å². The third kappa shape index (κ3) is 1.47. The monoisotopic (exact) mass is 221 g/mol. The first-order chi connectivity index (χ1) is 7.25. The average molecular weight is 222 g/mol. The Morgan fingerprint density at radius 3 is 2.80 bits per heavy atom. The summed E-state index contributed by atoms with van der Waals surface area (Å²) in [7, 11) is 2.26. The first-order valence-electron chi connectivity index (χ1n) is 5.59. The summed E-state index contributed by atoms with van der Waals surface area (Å²) in [6, 6.07) is 5.57. The largest absolute Gasteiger partial charge is 0.300 e. The predicted octanol–water partition coefficient (Wildman–Crippen LogP) is 2.69. The molecule has 0 radical (unpaired) electrons. The fourth-order valence-corrected chi connectivity index (χ4v) is 3.34. The van der Waals surface area contributed by atoms with E-state index >= 15 is 0 Å². The lowest BCUT2D eigenvalue weighted by Gasteiger charge is -2.21. The van der Waals surface area contributed by atoms with Crippen molar-refractivity contribution in [3.05, 3.63) is 29.0 Å². The molecule has 80 valence electrons. The summed E-state index contributed by atoms with van der Waals surface area (Å²) < 4.78 is 0. The maximum absolute atomic E-state index is 5.80. The highest BCUT2D eigenvalue weighted by atomic mass is 35.5. The summed E-state index contributed by atoms with van der Waals surface area (Å²) in [6.45, 7) is 0. The molecule has 2 saturated heterocycles. The van der Waals surface area contributed by atoms with E-state index in [0.717, 1.165) is 12.1 Å². The van der Waals surface area contributed by atoms with Crippen LogP contribution >= 0.6 is 11.6 Å². The van der Waals surface area contributed by atoms with E-state index in [4.69, 9.17) is 11.6 Å². The van der Waals surface area contributed by atoms with E-state index in [1.165, 1.54) is 24.8 Å². The highest BCUT2D eigenvalue weighted by molar-refractivity contribution is 6.29. The molecule has 1 aromatic rings. The first kappa shape index (κ1) is 9.61. The van der Waals surface area contributed by atoms with E-state index < -0.39 is 0 Å². The normalized spacial score (nSPS) is 34.9. The molecule has 0 aromatic carbocycles. The number of pyridine rings is 1. The summed E-state index contributed by atoms with van der Waals surface area (Å²) in [5.74, 6) is 0.679. The lowest BCUT2D eigenvalue weighted by Crippen LogP contribution is -2.25. The van der Waals surface area contributed by atoms with Gasteiger partial charge in [0, 0.05) is 24.2 Å². The molecule has 3 heterocycles. The van der Waals surface area contributed by atoms with Gasteiger partial charge < -0.3 is 0 Å². The number of halogens is 1. The van der Waals surface area contributed by atoms with E-state index in [1.54, 1.807) is 0 Å². The third-order valence-corrected chi connectivity index (χ3v) is 4.29. The van der Waals surface area contributed by atoms with E-state index in [-0.39, 0.29) is 0 Å². The molecule has 2 nitrogen and oxygen atoms in total. The Morgan fingerprint density at radius 1 is 1.40 bits per heavy atom. The molecule has 0 spiro atoms. The van der Waals surface area contributed by atoms with Crippen LogP contribution in [-0.4, -0.2) is 29.0 Å². The zero-order chi connectivity index (χ0) is 10.4. The molecule has 0 N–H and O–H groups in total. The van der Waals surface area contributed by atoms with Gasteiger partial charge in [-0.15, -0.1) is 0 Å². The molecule has 2 fully saturated rings. The minimum absolute atomic E-state index is 0.593. The Labute approximate surface area is 95.3 Å². The molecule has 0 aliphatic carbocycles. The van der Waals surface area contributed by atoms with Gasteiger partial charge in [0.15, 0.2) is 0 Å². The summed E-state index contributed by atoms with van der Waals surface area (Å²) in [5, 5.41) is 0.593. The smallest absolute Gasteiger partial charge is 0.129 e. The van der Waals surface area contributed by atoms with Crippen LogP contribution in [-0.2, 0) is 0 Å². The summed E-state index contributed by atoms with van der Waals surface area (Å²) >= 11 is 5.80. The predicted molar refractivity (Wildman–Crippen MR) is 61.2 cm³/mol. The molecule has 2 aliphatic rings. The van der Waals surface area contributed by atoms with Gasteiger partial charge in [0.2, 0.25) is 0 Å². The lowest BCUT2D eigenvalue weighted by atomic mass is 9.85. The molecule has 2 bridgehead atoms. The van der Waals surface area contributed by atoms with Crippen molar-refractivity contribution in [1.82, 2.24) is 9.88 Å². The Hall–Kier alpha value is -0.600. The SMILES string of the molecule is [11CH3]N1C2CCC1C(c1ccc(Cl)nc1)C2. The number of rotatable bonds is 1. The van der Waals surface area contributed by atoms with Crippen LogP contribution in [0.1, 0.15) is 30.7 Å². The third-order valence-electron chi connectivity index (χ3n) is 4.06. The molecular formula is C12H15ClN2. The topological polar surface area (TPSA) is 16.1 Å². The average Bonchev–Trinajstić information content (AvgIpc) is 2.75. The number of nitrogens with zero attached hydrogens (tertiary/aromatic N) is 2. The second kappa shape index (κ2) is 3.46. The molecule has 1 aromatic heterocycles. The molecule has 3 atom stereocenters. The Bertz CT molecular complexity index is 362. The van der Waals surface area contributed by atoms with Crippen molar-refractivity contribution in [3.8, 4) is 0 Å². The van der Waals surface area contributed by atoms with Crippen molar-refractivity contribution >= 4 is 11.6 Å². The van der Waals surface area contributed by atoms with Gasteiger partial charge in [-0.05, 0) is 37.9 Å². The van der Waals surface area contributed by atoms with Gasteiger partial charge in [-0.3, -0.25) is 4.90 Å². The minimum atomic E-state index is 0.593. The molecule has 15 heavy (non-hydrogen) atoms. The number of hydrogen-bond donors (Lipinski definition) is 0. The first-order valence-corrected chi connectivity index (χ1v) is 5.97. The summed E-state index contributed by atoms with van der Waals surface area (Å²) in [4.78, 5) is 6.72. The number of hydrogen-bond acceptors (Lipinski definition) is 2. The standard InChI is InChI=1S/C12H15ClN2/c1-15-9-3-4-11(15)10(6-9)8-2-5-12(13)14-7-8/h2,5,7,9-11H,3-4,6H2,1H3/i1-1. The summed E-state index contributed by atoms with van der Waals surface area (Å²) in [5.41, 5.74) is 1.36. The van der Waals surface area contributed by atoms with Crippen molar-refractivity contribution in [2.45, 2.75) is 37.3 Å². The van der Waals surface area contributed by atoms with Crippen LogP contribution in [0.2, 0.25) is 5.15 Å². The van der Waals surface area contributed by atoms with E-state index in [9.17, 15) is 0 Å². The van der Waals surface area contributed by atoms with Gasteiger partial charge in [0.1, 0.15) is 5.15 Å². The van der Waals surface area contributed by atoms with Gasteiger partial charge in [0.05, 0.1) is 0 Å². The second-order valence-electron chi connectivity index (χ2n) is 4.72. The van der Waals surface area contributed by atoms with Gasteiger partial charge >= 0.3 is 0 Å². The van der Waals surface area contributed by atoms with Gasteiger partial charge in [-0.2, -0.15) is 0 Å². The number of aromatic nitrogens is 1. The van der Waals surface area contributed by atoms with Crippen LogP contribution in [0.4, 0.5) is 0 Å². The van der Waals surface area contributed by atoms with Crippen molar-refractivity contribution < 1.29 is 0 Å². The molecule has 0 amide bonds. The van der Waals surface area contributed by atoms with Crippen LogP contribution in [0.5, 0.6) is 0 Å². The molecule has 3 heteroatoms. The van der Waals surface area contributed by atoms with Crippen molar-refractivity contribution in [2.24, 2.45) is 0 Å². The molecule has 2 aliphatic heterocycles. The van der Waals surface area contributed by atoms with E-state index in [0.29, 0.717) is 11.1 Å². The van der Waals surface area contributed by atoms with Crippen molar-refractivity contribution in [1.29, 1.82) is 0 Å². The fraction of sp³-hybridized carbons (Fsp3) is 0.583. The Balaban J connectivity index is 1.87. The van der Waals surface area contributed by atoms with Crippen LogP contribution in [0.15, 0.2) is 18.3 Å². The van der Waals surface area contributed by atoms with Crippen molar-refractivity contribution in [2.75, 3.05) is 7.05 Å². The highest BCUT2D eigenvalue weighted by Gasteiger charge is 2.44. The van der Waals surface area contributed by atoms with E-state index in [1.807, 2.05) is 12.3 Å². The second-order valence-corrected chi connectivity index (χ2v) is 5.11. The quantitative estimate of drug-likeness (QED) is 0.678. The molecular weight excluding hydrogens is 207 g/mol. The summed E-state index contributed by atoms with van der Waals surface area (Å²) in [6.07, 6.45) is 5.96. The number of fused-ring (bicyclic) bond motifs is 2. The lowest BCUT2D eigenvalue weighted by molar-refractivity contribution is 0.307. The minimum Gasteiger partial charge on any atom is -0.300 e. The highest BCUT2D eigenvalue weighted by Crippen LogP contribution is 2.45. The Kier molecular flexibility index (Phi) is 2.22. The van der Waals surface area contributed by atoms with Crippen LogP contribution in [0.3, 0.4) is 0 Å². The maximum Gasteiger partial charge on any atom is 0.129 e. The fourth-order valence-electron chi connectivity index (χ4n) is 3.23. The van der Waals surface area contributed by atoms with Crippen LogP contribution in [0, 0.1) is 0 Å².